The molecular weight excluding hydrogens is 451 g/mol. The van der Waals surface area contributed by atoms with Crippen LogP contribution in [0.25, 0.3) is 11.2 Å². The van der Waals surface area contributed by atoms with Crippen LogP contribution in [0.5, 0.6) is 0 Å². The molecule has 2 aromatic heterocycles. The van der Waals surface area contributed by atoms with Crippen LogP contribution in [-0.2, 0) is 20.6 Å². The number of fused-ring (bicyclic) bond motifs is 1. The van der Waals surface area contributed by atoms with Gasteiger partial charge in [-0.3, -0.25) is 13.9 Å². The monoisotopic (exact) mass is 478 g/mol. The molecule has 2 atom stereocenters. The highest BCUT2D eigenvalue weighted by molar-refractivity contribution is 6.42. The number of anilines is 1. The van der Waals surface area contributed by atoms with Gasteiger partial charge >= 0.3 is 5.69 Å². The van der Waals surface area contributed by atoms with Gasteiger partial charge in [-0.25, -0.2) is 4.79 Å². The lowest BCUT2D eigenvalue weighted by atomic mass is 9.90. The van der Waals surface area contributed by atoms with Gasteiger partial charge in [0.25, 0.3) is 5.56 Å². The average Bonchev–Trinajstić information content (AvgIpc) is 3.08. The summed E-state index contributed by atoms with van der Waals surface area (Å²) >= 11 is 12.1. The van der Waals surface area contributed by atoms with Crippen LogP contribution in [0.15, 0.2) is 27.8 Å². The molecule has 1 aromatic carbocycles. The molecule has 0 amide bonds. The number of imidazole rings is 1. The van der Waals surface area contributed by atoms with Crippen molar-refractivity contribution in [1.29, 1.82) is 0 Å². The zero-order valence-electron chi connectivity index (χ0n) is 18.7. The van der Waals surface area contributed by atoms with Gasteiger partial charge in [0.05, 0.1) is 16.6 Å². The van der Waals surface area contributed by atoms with Crippen molar-refractivity contribution in [2.45, 2.75) is 44.3 Å². The molecule has 1 aliphatic carbocycles. The molecule has 0 aliphatic heterocycles. The second-order valence-corrected chi connectivity index (χ2v) is 9.59. The maximum Gasteiger partial charge on any atom is 0.332 e. The number of benzene rings is 1. The van der Waals surface area contributed by atoms with E-state index in [-0.39, 0.29) is 18.1 Å². The van der Waals surface area contributed by atoms with Crippen LogP contribution in [0.3, 0.4) is 0 Å². The number of aryl methyl sites for hydroxylation is 2. The van der Waals surface area contributed by atoms with Gasteiger partial charge in [-0.15, -0.1) is 0 Å². The Labute approximate surface area is 196 Å². The second kappa shape index (κ2) is 8.92. The summed E-state index contributed by atoms with van der Waals surface area (Å²) in [5.41, 5.74) is 0.663. The molecule has 0 bridgehead atoms. The van der Waals surface area contributed by atoms with Gasteiger partial charge in [-0.2, -0.15) is 4.98 Å². The van der Waals surface area contributed by atoms with Crippen molar-refractivity contribution in [3.63, 3.8) is 0 Å². The smallest absolute Gasteiger partial charge is 0.332 e. The second-order valence-electron chi connectivity index (χ2n) is 8.77. The standard InChI is InChI=1S/C22H28Cl2N6O2/c1-27(2)15-7-5-6-14(11-15)25-21-26-19-18(28(21)3)20(31)30(22(32)29(19)4)12-13-8-9-16(23)17(24)10-13/h8-10,14-15H,5-7,11-12H2,1-4H3,(H,25,26)/t14-,15-/m0/s1. The van der Waals surface area contributed by atoms with Gasteiger partial charge in [0, 0.05) is 26.2 Å². The van der Waals surface area contributed by atoms with Gasteiger partial charge in [-0.05, 0) is 57.5 Å². The lowest BCUT2D eigenvalue weighted by molar-refractivity contribution is 0.219. The SMILES string of the molecule is CN(C)[C@H]1CCC[C@H](Nc2nc3c(c(=O)n(Cc4ccc(Cl)c(Cl)c4)c(=O)n3C)n2C)C1. The summed E-state index contributed by atoms with van der Waals surface area (Å²) in [5.74, 6) is 0.601. The van der Waals surface area contributed by atoms with Gasteiger partial charge in [0.1, 0.15) is 0 Å². The molecule has 10 heteroatoms. The highest BCUT2D eigenvalue weighted by Gasteiger charge is 2.25. The molecule has 2 heterocycles. The van der Waals surface area contributed by atoms with Gasteiger partial charge < -0.3 is 14.8 Å². The van der Waals surface area contributed by atoms with E-state index in [1.165, 1.54) is 15.6 Å². The Balaban J connectivity index is 1.72. The van der Waals surface area contributed by atoms with Crippen LogP contribution in [-0.4, -0.2) is 49.8 Å². The van der Waals surface area contributed by atoms with Gasteiger partial charge in [-0.1, -0.05) is 29.3 Å². The zero-order valence-corrected chi connectivity index (χ0v) is 20.2. The molecule has 0 unspecified atom stereocenters. The third-order valence-corrected chi connectivity index (χ3v) is 7.13. The molecule has 4 rings (SSSR count). The first-order valence-electron chi connectivity index (χ1n) is 10.7. The summed E-state index contributed by atoms with van der Waals surface area (Å²) in [5, 5.41) is 4.31. The Hall–Kier alpha value is -2.29. The maximum atomic E-state index is 13.3. The van der Waals surface area contributed by atoms with E-state index in [9.17, 15) is 9.59 Å². The molecule has 1 saturated carbocycles. The third kappa shape index (κ3) is 4.19. The van der Waals surface area contributed by atoms with Gasteiger partial charge in [0.15, 0.2) is 11.2 Å². The van der Waals surface area contributed by atoms with Gasteiger partial charge in [0.2, 0.25) is 5.95 Å². The van der Waals surface area contributed by atoms with E-state index in [1.807, 2.05) is 0 Å². The van der Waals surface area contributed by atoms with Crippen molar-refractivity contribution >= 4 is 40.3 Å². The summed E-state index contributed by atoms with van der Waals surface area (Å²) in [6, 6.07) is 5.86. The van der Waals surface area contributed by atoms with Crippen LogP contribution in [0, 0.1) is 0 Å². The van der Waals surface area contributed by atoms with Crippen molar-refractivity contribution < 1.29 is 0 Å². The molecule has 32 heavy (non-hydrogen) atoms. The lowest BCUT2D eigenvalue weighted by Gasteiger charge is -2.33. The van der Waals surface area contributed by atoms with Crippen molar-refractivity contribution in [3.05, 3.63) is 54.6 Å². The summed E-state index contributed by atoms with van der Waals surface area (Å²) < 4.78 is 4.38. The molecule has 0 saturated heterocycles. The number of hydrogen-bond acceptors (Lipinski definition) is 5. The minimum Gasteiger partial charge on any atom is -0.353 e. The van der Waals surface area contributed by atoms with Crippen molar-refractivity contribution in [2.75, 3.05) is 19.4 Å². The largest absolute Gasteiger partial charge is 0.353 e. The fraction of sp³-hybridized carbons (Fsp3) is 0.500. The average molecular weight is 479 g/mol. The summed E-state index contributed by atoms with van der Waals surface area (Å²) in [6.07, 6.45) is 4.38. The van der Waals surface area contributed by atoms with Crippen molar-refractivity contribution in [2.24, 2.45) is 14.1 Å². The van der Waals surface area contributed by atoms with E-state index in [0.717, 1.165) is 24.8 Å². The predicted molar refractivity (Wildman–Crippen MR) is 129 cm³/mol. The Morgan fingerprint density at radius 2 is 1.88 bits per heavy atom. The van der Waals surface area contributed by atoms with Crippen LogP contribution in [0.4, 0.5) is 5.95 Å². The number of aromatic nitrogens is 4. The molecular formula is C22H28Cl2N6O2. The maximum absolute atomic E-state index is 13.3. The molecule has 3 aromatic rings. The molecule has 8 nitrogen and oxygen atoms in total. The number of nitrogens with one attached hydrogen (secondary N) is 1. The van der Waals surface area contributed by atoms with E-state index in [4.69, 9.17) is 23.2 Å². The molecule has 1 N–H and O–H groups in total. The fourth-order valence-electron chi connectivity index (χ4n) is 4.48. The summed E-state index contributed by atoms with van der Waals surface area (Å²) in [6.45, 7) is 0.0966. The van der Waals surface area contributed by atoms with E-state index in [1.54, 1.807) is 36.9 Å². The first-order valence-corrected chi connectivity index (χ1v) is 11.5. The Kier molecular flexibility index (Phi) is 6.38. The number of nitrogens with zero attached hydrogens (tertiary/aromatic N) is 5. The van der Waals surface area contributed by atoms with Crippen LogP contribution < -0.4 is 16.6 Å². The molecule has 0 radical (unpaired) electrons. The first-order chi connectivity index (χ1) is 15.2. The molecule has 0 spiro atoms. The van der Waals surface area contributed by atoms with Crippen LogP contribution in [0.2, 0.25) is 10.0 Å². The number of rotatable bonds is 5. The first kappa shape index (κ1) is 22.9. The van der Waals surface area contributed by atoms with E-state index >= 15 is 0 Å². The summed E-state index contributed by atoms with van der Waals surface area (Å²) in [7, 11) is 7.65. The summed E-state index contributed by atoms with van der Waals surface area (Å²) in [4.78, 5) is 33.2. The highest BCUT2D eigenvalue weighted by Crippen LogP contribution is 2.25. The van der Waals surface area contributed by atoms with Crippen LogP contribution in [0.1, 0.15) is 31.2 Å². The van der Waals surface area contributed by atoms with E-state index < -0.39 is 5.69 Å². The predicted octanol–water partition coefficient (Wildman–Crippen LogP) is 3.07. The fourth-order valence-corrected chi connectivity index (χ4v) is 4.80. The zero-order chi connectivity index (χ0) is 23.2. The van der Waals surface area contributed by atoms with Crippen molar-refractivity contribution in [1.82, 2.24) is 23.6 Å². The third-order valence-electron chi connectivity index (χ3n) is 6.39. The normalized spacial score (nSPS) is 19.1. The van der Waals surface area contributed by atoms with Crippen LogP contribution >= 0.6 is 23.2 Å². The van der Waals surface area contributed by atoms with Crippen molar-refractivity contribution in [3.8, 4) is 0 Å². The Morgan fingerprint density at radius 3 is 2.56 bits per heavy atom. The minimum absolute atomic E-state index is 0.0966. The minimum atomic E-state index is -0.427. The Bertz CT molecular complexity index is 1280. The van der Waals surface area contributed by atoms with E-state index in [0.29, 0.717) is 33.2 Å². The Morgan fingerprint density at radius 1 is 1.12 bits per heavy atom. The molecule has 1 aliphatic rings. The number of hydrogen-bond donors (Lipinski definition) is 1. The number of halogens is 2. The molecule has 172 valence electrons. The highest BCUT2D eigenvalue weighted by atomic mass is 35.5. The molecule has 1 fully saturated rings. The van der Waals surface area contributed by atoms with E-state index in [2.05, 4.69) is 29.3 Å². The topological polar surface area (TPSA) is 77.1 Å². The quantitative estimate of drug-likeness (QED) is 0.609. The lowest BCUT2D eigenvalue weighted by Crippen LogP contribution is -2.39.